The smallest absolute Gasteiger partial charge is 0.238 e. The van der Waals surface area contributed by atoms with E-state index in [0.29, 0.717) is 6.54 Å². The van der Waals surface area contributed by atoms with E-state index in [0.717, 1.165) is 44.7 Å². The van der Waals surface area contributed by atoms with Gasteiger partial charge in [0.2, 0.25) is 5.91 Å². The number of nitrogens with one attached hydrogen (secondary N) is 1. The quantitative estimate of drug-likeness (QED) is 0.801. The number of rotatable bonds is 7. The number of anilines is 1. The third-order valence-corrected chi connectivity index (χ3v) is 4.59. The lowest BCUT2D eigenvalue weighted by Crippen LogP contribution is -2.52. The molecule has 5 heteroatoms. The predicted molar refractivity (Wildman–Crippen MR) is 93.6 cm³/mol. The molecule has 1 heterocycles. The number of aliphatic hydroxyl groups excluding tert-OH is 1. The molecule has 1 aliphatic rings. The molecule has 0 radical (unpaired) electrons. The Morgan fingerprint density at radius 1 is 1.26 bits per heavy atom. The van der Waals surface area contributed by atoms with Gasteiger partial charge in [-0.3, -0.25) is 14.6 Å². The van der Waals surface area contributed by atoms with Crippen molar-refractivity contribution in [2.75, 3.05) is 44.6 Å². The van der Waals surface area contributed by atoms with Gasteiger partial charge in [0, 0.05) is 37.9 Å². The van der Waals surface area contributed by atoms with Crippen LogP contribution in [0.2, 0.25) is 0 Å². The first-order valence-electron chi connectivity index (χ1n) is 8.62. The number of aryl methyl sites for hydroxylation is 1. The van der Waals surface area contributed by atoms with E-state index in [9.17, 15) is 9.90 Å². The molecule has 1 atom stereocenters. The minimum atomic E-state index is 0.0425. The van der Waals surface area contributed by atoms with Gasteiger partial charge in [-0.2, -0.15) is 0 Å². The highest BCUT2D eigenvalue weighted by Crippen LogP contribution is 2.12. The number of benzene rings is 1. The second-order valence-corrected chi connectivity index (χ2v) is 6.16. The second-order valence-electron chi connectivity index (χ2n) is 6.16. The van der Waals surface area contributed by atoms with Crippen molar-refractivity contribution in [1.29, 1.82) is 0 Å². The normalized spacial score (nSPS) is 17.9. The van der Waals surface area contributed by atoms with E-state index in [4.69, 9.17) is 0 Å². The van der Waals surface area contributed by atoms with Gasteiger partial charge < -0.3 is 10.4 Å². The van der Waals surface area contributed by atoms with E-state index in [1.54, 1.807) is 0 Å². The summed E-state index contributed by atoms with van der Waals surface area (Å²) in [5.41, 5.74) is 2.10. The van der Waals surface area contributed by atoms with E-state index in [1.807, 2.05) is 18.2 Å². The fourth-order valence-corrected chi connectivity index (χ4v) is 3.06. The molecule has 2 rings (SSSR count). The van der Waals surface area contributed by atoms with Crippen LogP contribution in [0.5, 0.6) is 0 Å². The number of amides is 1. The molecule has 1 aromatic rings. The first-order valence-corrected chi connectivity index (χ1v) is 8.62. The van der Waals surface area contributed by atoms with Crippen LogP contribution in [0.15, 0.2) is 24.3 Å². The largest absolute Gasteiger partial charge is 0.395 e. The summed E-state index contributed by atoms with van der Waals surface area (Å²) in [5.74, 6) is 0.0425. The third-order valence-electron chi connectivity index (χ3n) is 4.59. The monoisotopic (exact) mass is 319 g/mol. The Morgan fingerprint density at radius 2 is 2.00 bits per heavy atom. The second kappa shape index (κ2) is 9.01. The molecule has 1 aromatic carbocycles. The molecule has 2 N–H and O–H groups in total. The van der Waals surface area contributed by atoms with Gasteiger partial charge in [-0.1, -0.05) is 26.0 Å². The van der Waals surface area contributed by atoms with Gasteiger partial charge in [-0.05, 0) is 30.5 Å². The molecule has 1 fully saturated rings. The summed E-state index contributed by atoms with van der Waals surface area (Å²) in [5, 5.41) is 12.4. The van der Waals surface area contributed by atoms with Crippen molar-refractivity contribution >= 4 is 11.6 Å². The van der Waals surface area contributed by atoms with Crippen LogP contribution in [0, 0.1) is 0 Å². The van der Waals surface area contributed by atoms with Crippen LogP contribution in [0.3, 0.4) is 0 Å². The van der Waals surface area contributed by atoms with Gasteiger partial charge in [-0.15, -0.1) is 0 Å². The highest BCUT2D eigenvalue weighted by molar-refractivity contribution is 5.92. The van der Waals surface area contributed by atoms with Gasteiger partial charge in [0.25, 0.3) is 0 Å². The van der Waals surface area contributed by atoms with Crippen molar-refractivity contribution in [1.82, 2.24) is 9.80 Å². The molecular formula is C18H29N3O2. The molecule has 1 aliphatic heterocycles. The Kier molecular flexibility index (Phi) is 7.02. The molecule has 0 spiro atoms. The maximum absolute atomic E-state index is 12.2. The lowest BCUT2D eigenvalue weighted by atomic mass is 10.1. The summed E-state index contributed by atoms with van der Waals surface area (Å²) in [7, 11) is 0. The van der Waals surface area contributed by atoms with E-state index in [-0.39, 0.29) is 18.6 Å². The standard InChI is InChI=1S/C18H29N3O2/c1-3-15-6-5-7-16(12-15)19-18(23)13-20-8-10-21(11-9-20)17(4-2)14-22/h5-7,12,17,22H,3-4,8-11,13-14H2,1-2H3,(H,19,23). The number of aliphatic hydroxyl groups is 1. The van der Waals surface area contributed by atoms with Gasteiger partial charge in [0.1, 0.15) is 0 Å². The summed E-state index contributed by atoms with van der Waals surface area (Å²) < 4.78 is 0. The Hall–Kier alpha value is -1.43. The van der Waals surface area contributed by atoms with Crippen molar-refractivity contribution in [3.8, 4) is 0 Å². The highest BCUT2D eigenvalue weighted by atomic mass is 16.3. The fourth-order valence-electron chi connectivity index (χ4n) is 3.06. The molecule has 0 aliphatic carbocycles. The predicted octanol–water partition coefficient (Wildman–Crippen LogP) is 1.58. The summed E-state index contributed by atoms with van der Waals surface area (Å²) in [6.45, 7) is 8.43. The van der Waals surface area contributed by atoms with Gasteiger partial charge in [0.15, 0.2) is 0 Å². The summed E-state index contributed by atoms with van der Waals surface area (Å²) >= 11 is 0. The highest BCUT2D eigenvalue weighted by Gasteiger charge is 2.23. The lowest BCUT2D eigenvalue weighted by molar-refractivity contribution is -0.117. The topological polar surface area (TPSA) is 55.8 Å². The number of carbonyl (C=O) groups is 1. The minimum absolute atomic E-state index is 0.0425. The summed E-state index contributed by atoms with van der Waals surface area (Å²) in [6.07, 6.45) is 1.93. The number of piperazine rings is 1. The Balaban J connectivity index is 1.78. The van der Waals surface area contributed by atoms with E-state index in [2.05, 4.69) is 35.0 Å². The first-order chi connectivity index (χ1) is 11.2. The van der Waals surface area contributed by atoms with Crippen molar-refractivity contribution in [3.63, 3.8) is 0 Å². The number of hydrogen-bond acceptors (Lipinski definition) is 4. The number of hydrogen-bond donors (Lipinski definition) is 2. The molecule has 23 heavy (non-hydrogen) atoms. The average Bonchev–Trinajstić information content (AvgIpc) is 2.57. The third kappa shape index (κ3) is 5.30. The van der Waals surface area contributed by atoms with E-state index >= 15 is 0 Å². The Labute approximate surface area is 139 Å². The van der Waals surface area contributed by atoms with Crippen molar-refractivity contribution in [2.24, 2.45) is 0 Å². The van der Waals surface area contributed by atoms with E-state index < -0.39 is 0 Å². The molecule has 0 bridgehead atoms. The van der Waals surface area contributed by atoms with E-state index in [1.165, 1.54) is 5.56 Å². The fraction of sp³-hybridized carbons (Fsp3) is 0.611. The van der Waals surface area contributed by atoms with Crippen LogP contribution in [0.4, 0.5) is 5.69 Å². The number of carbonyl (C=O) groups excluding carboxylic acids is 1. The molecule has 128 valence electrons. The van der Waals surface area contributed by atoms with Gasteiger partial charge in [-0.25, -0.2) is 0 Å². The molecular weight excluding hydrogens is 290 g/mol. The zero-order chi connectivity index (χ0) is 16.7. The summed E-state index contributed by atoms with van der Waals surface area (Å²) in [4.78, 5) is 16.7. The average molecular weight is 319 g/mol. The van der Waals surface area contributed by atoms with Crippen molar-refractivity contribution in [2.45, 2.75) is 32.7 Å². The van der Waals surface area contributed by atoms with Crippen LogP contribution in [-0.2, 0) is 11.2 Å². The first kappa shape index (κ1) is 17.9. The zero-order valence-electron chi connectivity index (χ0n) is 14.3. The lowest BCUT2D eigenvalue weighted by Gasteiger charge is -2.38. The van der Waals surface area contributed by atoms with Gasteiger partial charge >= 0.3 is 0 Å². The maximum Gasteiger partial charge on any atom is 0.238 e. The van der Waals surface area contributed by atoms with Crippen LogP contribution in [-0.4, -0.2) is 66.2 Å². The SMILES string of the molecule is CCc1cccc(NC(=O)CN2CCN(C(CC)CO)CC2)c1. The molecule has 0 saturated carbocycles. The maximum atomic E-state index is 12.2. The number of nitrogens with zero attached hydrogens (tertiary/aromatic N) is 2. The Bertz CT molecular complexity index is 495. The zero-order valence-corrected chi connectivity index (χ0v) is 14.3. The molecule has 1 amide bonds. The van der Waals surface area contributed by atoms with Crippen LogP contribution in [0.1, 0.15) is 25.8 Å². The molecule has 0 aromatic heterocycles. The molecule has 1 saturated heterocycles. The molecule has 5 nitrogen and oxygen atoms in total. The molecule has 1 unspecified atom stereocenters. The van der Waals surface area contributed by atoms with Crippen LogP contribution in [0.25, 0.3) is 0 Å². The van der Waals surface area contributed by atoms with Crippen LogP contribution < -0.4 is 5.32 Å². The van der Waals surface area contributed by atoms with Gasteiger partial charge in [0.05, 0.1) is 13.2 Å². The van der Waals surface area contributed by atoms with Crippen molar-refractivity contribution in [3.05, 3.63) is 29.8 Å². The summed E-state index contributed by atoms with van der Waals surface area (Å²) in [6, 6.07) is 8.26. The van der Waals surface area contributed by atoms with Crippen molar-refractivity contribution < 1.29 is 9.90 Å². The van der Waals surface area contributed by atoms with Crippen LogP contribution >= 0.6 is 0 Å². The minimum Gasteiger partial charge on any atom is -0.395 e. The Morgan fingerprint density at radius 3 is 2.61 bits per heavy atom.